The molecule has 0 N–H and O–H groups in total. The van der Waals surface area contributed by atoms with E-state index in [1.165, 1.54) is 0 Å². The fourth-order valence-corrected chi connectivity index (χ4v) is 1.20. The topological polar surface area (TPSA) is 50.3 Å². The first kappa shape index (κ1) is 7.62. The third-order valence-electron chi connectivity index (χ3n) is 1.84. The van der Waals surface area contributed by atoms with Crippen molar-refractivity contribution in [3.63, 3.8) is 0 Å². The minimum Gasteiger partial charge on any atom is -0.495 e. The normalized spacial score (nSPS) is 9.85. The molecular formula is C9H7N3O. The third kappa shape index (κ3) is 1.11. The number of nitriles is 1. The summed E-state index contributed by atoms with van der Waals surface area (Å²) in [6, 6.07) is 5.68. The smallest absolute Gasteiger partial charge is 0.140 e. The van der Waals surface area contributed by atoms with E-state index < -0.39 is 0 Å². The molecule has 4 nitrogen and oxygen atoms in total. The number of rotatable bonds is 1. The van der Waals surface area contributed by atoms with Gasteiger partial charge in [0.25, 0.3) is 0 Å². The SMILES string of the molecule is COc1cc2ccnn2cc1C#N. The minimum atomic E-state index is 0.485. The van der Waals surface area contributed by atoms with Gasteiger partial charge in [0.05, 0.1) is 18.8 Å². The van der Waals surface area contributed by atoms with Crippen molar-refractivity contribution in [3.8, 4) is 11.8 Å². The molecule has 0 unspecified atom stereocenters. The maximum absolute atomic E-state index is 8.78. The van der Waals surface area contributed by atoms with Gasteiger partial charge in [-0.25, -0.2) is 4.52 Å². The summed E-state index contributed by atoms with van der Waals surface area (Å²) >= 11 is 0. The largest absolute Gasteiger partial charge is 0.495 e. The molecule has 0 aromatic carbocycles. The Morgan fingerprint density at radius 3 is 3.15 bits per heavy atom. The van der Waals surface area contributed by atoms with Gasteiger partial charge in [-0.15, -0.1) is 0 Å². The molecule has 4 heteroatoms. The molecule has 13 heavy (non-hydrogen) atoms. The van der Waals surface area contributed by atoms with Gasteiger partial charge in [0.1, 0.15) is 17.4 Å². The van der Waals surface area contributed by atoms with Crippen molar-refractivity contribution in [2.75, 3.05) is 7.11 Å². The number of aromatic nitrogens is 2. The van der Waals surface area contributed by atoms with E-state index in [1.54, 1.807) is 30.1 Å². The Morgan fingerprint density at radius 2 is 2.46 bits per heavy atom. The Balaban J connectivity index is 2.76. The van der Waals surface area contributed by atoms with E-state index in [2.05, 4.69) is 5.10 Å². The van der Waals surface area contributed by atoms with Crippen LogP contribution >= 0.6 is 0 Å². The van der Waals surface area contributed by atoms with Crippen molar-refractivity contribution in [1.29, 1.82) is 5.26 Å². The summed E-state index contributed by atoms with van der Waals surface area (Å²) in [6.45, 7) is 0. The van der Waals surface area contributed by atoms with Crippen LogP contribution in [0.3, 0.4) is 0 Å². The number of ether oxygens (including phenoxy) is 1. The molecule has 0 aliphatic carbocycles. The molecule has 0 amide bonds. The Bertz CT molecular complexity index is 481. The molecule has 0 atom stereocenters. The van der Waals surface area contributed by atoms with E-state index in [0.29, 0.717) is 11.3 Å². The average Bonchev–Trinajstić information content (AvgIpc) is 2.62. The number of nitrogens with zero attached hydrogens (tertiary/aromatic N) is 3. The van der Waals surface area contributed by atoms with E-state index in [-0.39, 0.29) is 0 Å². The maximum Gasteiger partial charge on any atom is 0.140 e. The predicted molar refractivity (Wildman–Crippen MR) is 46.5 cm³/mol. The first-order valence-corrected chi connectivity index (χ1v) is 3.76. The lowest BCUT2D eigenvalue weighted by Crippen LogP contribution is -1.93. The van der Waals surface area contributed by atoms with Crippen LogP contribution < -0.4 is 4.74 Å². The number of pyridine rings is 1. The van der Waals surface area contributed by atoms with E-state index in [1.807, 2.05) is 12.1 Å². The minimum absolute atomic E-state index is 0.485. The molecule has 0 aliphatic heterocycles. The molecule has 0 bridgehead atoms. The van der Waals surface area contributed by atoms with Gasteiger partial charge in [0, 0.05) is 12.3 Å². The van der Waals surface area contributed by atoms with E-state index in [0.717, 1.165) is 5.52 Å². The quantitative estimate of drug-likeness (QED) is 0.651. The number of methoxy groups -OCH3 is 1. The Labute approximate surface area is 75.0 Å². The van der Waals surface area contributed by atoms with Crippen LogP contribution in [0.1, 0.15) is 5.56 Å². The molecule has 0 fully saturated rings. The molecule has 2 aromatic heterocycles. The van der Waals surface area contributed by atoms with E-state index in [9.17, 15) is 0 Å². The van der Waals surface area contributed by atoms with Gasteiger partial charge in [0.15, 0.2) is 0 Å². The van der Waals surface area contributed by atoms with Crippen molar-refractivity contribution in [2.45, 2.75) is 0 Å². The van der Waals surface area contributed by atoms with Crippen molar-refractivity contribution in [1.82, 2.24) is 9.61 Å². The number of hydrogen-bond donors (Lipinski definition) is 0. The molecule has 2 aromatic rings. The van der Waals surface area contributed by atoms with Crippen molar-refractivity contribution in [3.05, 3.63) is 30.1 Å². The Morgan fingerprint density at radius 1 is 1.62 bits per heavy atom. The molecule has 0 aliphatic rings. The third-order valence-corrected chi connectivity index (χ3v) is 1.84. The summed E-state index contributed by atoms with van der Waals surface area (Å²) in [5.74, 6) is 0.579. The lowest BCUT2D eigenvalue weighted by atomic mass is 10.2. The lowest BCUT2D eigenvalue weighted by molar-refractivity contribution is 0.413. The lowest BCUT2D eigenvalue weighted by Gasteiger charge is -2.02. The van der Waals surface area contributed by atoms with Crippen LogP contribution in [0.25, 0.3) is 5.52 Å². The monoisotopic (exact) mass is 173 g/mol. The highest BCUT2D eigenvalue weighted by Crippen LogP contribution is 2.19. The summed E-state index contributed by atoms with van der Waals surface area (Å²) in [7, 11) is 1.54. The number of fused-ring (bicyclic) bond motifs is 1. The summed E-state index contributed by atoms with van der Waals surface area (Å²) < 4.78 is 6.69. The second-order valence-electron chi connectivity index (χ2n) is 2.57. The molecule has 64 valence electrons. The standard InChI is InChI=1S/C9H7N3O/c1-13-9-4-8-2-3-11-12(8)6-7(9)5-10/h2-4,6H,1H3. The van der Waals surface area contributed by atoms with Crippen LogP contribution in [-0.4, -0.2) is 16.7 Å². The van der Waals surface area contributed by atoms with Gasteiger partial charge >= 0.3 is 0 Å². The second-order valence-corrected chi connectivity index (χ2v) is 2.57. The van der Waals surface area contributed by atoms with Gasteiger partial charge in [-0.2, -0.15) is 10.4 Å². The van der Waals surface area contributed by atoms with Crippen molar-refractivity contribution >= 4 is 5.52 Å². The van der Waals surface area contributed by atoms with Gasteiger partial charge in [-0.3, -0.25) is 0 Å². The van der Waals surface area contributed by atoms with Crippen molar-refractivity contribution in [2.24, 2.45) is 0 Å². The van der Waals surface area contributed by atoms with E-state index >= 15 is 0 Å². The molecule has 0 saturated carbocycles. The fourth-order valence-electron chi connectivity index (χ4n) is 1.20. The fraction of sp³-hybridized carbons (Fsp3) is 0.111. The van der Waals surface area contributed by atoms with Crippen LogP contribution in [0.15, 0.2) is 24.5 Å². The second kappa shape index (κ2) is 2.79. The highest BCUT2D eigenvalue weighted by atomic mass is 16.5. The highest BCUT2D eigenvalue weighted by Gasteiger charge is 2.04. The van der Waals surface area contributed by atoms with Crippen LogP contribution in [0, 0.1) is 11.3 Å². The molecule has 0 radical (unpaired) electrons. The maximum atomic E-state index is 8.78. The zero-order valence-corrected chi connectivity index (χ0v) is 7.06. The zero-order valence-electron chi connectivity index (χ0n) is 7.06. The van der Waals surface area contributed by atoms with Gasteiger partial charge in [-0.05, 0) is 6.07 Å². The average molecular weight is 173 g/mol. The van der Waals surface area contributed by atoms with Gasteiger partial charge in [0.2, 0.25) is 0 Å². The first-order valence-electron chi connectivity index (χ1n) is 3.76. The van der Waals surface area contributed by atoms with Gasteiger partial charge < -0.3 is 4.74 Å². The van der Waals surface area contributed by atoms with Crippen LogP contribution in [0.4, 0.5) is 0 Å². The summed E-state index contributed by atoms with van der Waals surface area (Å²) in [6.07, 6.45) is 3.32. The molecular weight excluding hydrogens is 166 g/mol. The summed E-state index contributed by atoms with van der Waals surface area (Å²) in [5, 5.41) is 12.8. The predicted octanol–water partition coefficient (Wildman–Crippen LogP) is 1.21. The molecule has 0 saturated heterocycles. The molecule has 2 heterocycles. The van der Waals surface area contributed by atoms with Crippen LogP contribution in [0.5, 0.6) is 5.75 Å². The van der Waals surface area contributed by atoms with Gasteiger partial charge in [-0.1, -0.05) is 0 Å². The highest BCUT2D eigenvalue weighted by molar-refractivity contribution is 5.55. The van der Waals surface area contributed by atoms with Crippen LogP contribution in [-0.2, 0) is 0 Å². The first-order chi connectivity index (χ1) is 6.35. The Kier molecular flexibility index (Phi) is 1.64. The van der Waals surface area contributed by atoms with E-state index in [4.69, 9.17) is 10.00 Å². The molecule has 0 spiro atoms. The Hall–Kier alpha value is -2.02. The van der Waals surface area contributed by atoms with Crippen molar-refractivity contribution < 1.29 is 4.74 Å². The zero-order chi connectivity index (χ0) is 9.26. The summed E-state index contributed by atoms with van der Waals surface area (Å²) in [4.78, 5) is 0. The summed E-state index contributed by atoms with van der Waals surface area (Å²) in [5.41, 5.74) is 1.40. The van der Waals surface area contributed by atoms with Crippen LogP contribution in [0.2, 0.25) is 0 Å². The number of hydrogen-bond acceptors (Lipinski definition) is 3. The molecule has 2 rings (SSSR count).